The summed E-state index contributed by atoms with van der Waals surface area (Å²) >= 11 is 0. The summed E-state index contributed by atoms with van der Waals surface area (Å²) in [6.07, 6.45) is 3.78. The largest absolute Gasteiger partial charge is 0.380 e. The van der Waals surface area contributed by atoms with Gasteiger partial charge in [0.05, 0.1) is 0 Å². The summed E-state index contributed by atoms with van der Waals surface area (Å²) in [5, 5.41) is 11.7. The molecule has 2 heteroatoms. The lowest BCUT2D eigenvalue weighted by atomic mass is 9.76. The standard InChI is InChI=1S/C22H27NO/c1-4-16-23(17-5-2)18-19(3)22(24,20-12-8-6-9-13-20)21-14-10-7-11-15-21/h4-15,19,24H,1-2,16-18H2,3H3. The number of rotatable bonds is 9. The Bertz CT molecular complexity index is 586. The van der Waals surface area contributed by atoms with E-state index in [1.807, 2.05) is 72.8 Å². The van der Waals surface area contributed by atoms with E-state index in [0.29, 0.717) is 0 Å². The van der Waals surface area contributed by atoms with Crippen molar-refractivity contribution in [2.75, 3.05) is 19.6 Å². The number of hydrogen-bond donors (Lipinski definition) is 1. The maximum absolute atomic E-state index is 11.7. The van der Waals surface area contributed by atoms with Gasteiger partial charge in [0.15, 0.2) is 0 Å². The average Bonchev–Trinajstić information content (AvgIpc) is 2.63. The van der Waals surface area contributed by atoms with Gasteiger partial charge in [0.2, 0.25) is 0 Å². The molecule has 1 atom stereocenters. The molecule has 0 aromatic heterocycles. The molecule has 0 radical (unpaired) electrons. The van der Waals surface area contributed by atoms with Crippen LogP contribution in [0.3, 0.4) is 0 Å². The minimum Gasteiger partial charge on any atom is -0.380 e. The van der Waals surface area contributed by atoms with Crippen LogP contribution in [-0.4, -0.2) is 29.6 Å². The van der Waals surface area contributed by atoms with Crippen LogP contribution in [-0.2, 0) is 5.60 Å². The van der Waals surface area contributed by atoms with Gasteiger partial charge in [-0.25, -0.2) is 0 Å². The SMILES string of the molecule is C=CCN(CC=C)CC(C)C(O)(c1ccccc1)c1ccccc1. The van der Waals surface area contributed by atoms with E-state index in [0.717, 1.165) is 30.8 Å². The first-order valence-electron chi connectivity index (χ1n) is 8.40. The van der Waals surface area contributed by atoms with Crippen LogP contribution in [0.25, 0.3) is 0 Å². The fourth-order valence-electron chi connectivity index (χ4n) is 3.23. The first kappa shape index (κ1) is 18.2. The Labute approximate surface area is 145 Å². The first-order valence-corrected chi connectivity index (χ1v) is 8.40. The summed E-state index contributed by atoms with van der Waals surface area (Å²) in [5.41, 5.74) is 0.796. The molecule has 126 valence electrons. The molecule has 24 heavy (non-hydrogen) atoms. The van der Waals surface area contributed by atoms with Crippen LogP contribution in [0.5, 0.6) is 0 Å². The lowest BCUT2D eigenvalue weighted by molar-refractivity contribution is 0.0102. The van der Waals surface area contributed by atoms with E-state index in [9.17, 15) is 5.11 Å². The van der Waals surface area contributed by atoms with Crippen molar-refractivity contribution in [3.63, 3.8) is 0 Å². The molecule has 2 aromatic carbocycles. The van der Waals surface area contributed by atoms with Gasteiger partial charge >= 0.3 is 0 Å². The highest BCUT2D eigenvalue weighted by Gasteiger charge is 2.37. The molecular formula is C22H27NO. The Morgan fingerprint density at radius 3 is 1.71 bits per heavy atom. The second kappa shape index (κ2) is 8.62. The molecule has 2 aromatic rings. The van der Waals surface area contributed by atoms with E-state index in [1.54, 1.807) is 0 Å². The normalized spacial score (nSPS) is 12.8. The first-order chi connectivity index (χ1) is 11.6. The fraction of sp³-hybridized carbons (Fsp3) is 0.273. The van der Waals surface area contributed by atoms with Crippen molar-refractivity contribution in [2.24, 2.45) is 5.92 Å². The van der Waals surface area contributed by atoms with E-state index in [1.165, 1.54) is 0 Å². The zero-order valence-corrected chi connectivity index (χ0v) is 14.4. The van der Waals surface area contributed by atoms with Gasteiger partial charge in [-0.2, -0.15) is 0 Å². The van der Waals surface area contributed by atoms with Crippen LogP contribution >= 0.6 is 0 Å². The van der Waals surface area contributed by atoms with Gasteiger partial charge in [0.1, 0.15) is 5.60 Å². The molecule has 1 unspecified atom stereocenters. The van der Waals surface area contributed by atoms with Gasteiger partial charge in [0.25, 0.3) is 0 Å². The van der Waals surface area contributed by atoms with Gasteiger partial charge < -0.3 is 5.11 Å². The Balaban J connectivity index is 2.39. The maximum Gasteiger partial charge on any atom is 0.118 e. The van der Waals surface area contributed by atoms with Gasteiger partial charge in [-0.15, -0.1) is 13.2 Å². The molecule has 0 aliphatic carbocycles. The molecule has 0 amide bonds. The van der Waals surface area contributed by atoms with E-state index in [4.69, 9.17) is 0 Å². The van der Waals surface area contributed by atoms with E-state index < -0.39 is 5.60 Å². The number of hydrogen-bond acceptors (Lipinski definition) is 2. The molecule has 2 nitrogen and oxygen atoms in total. The molecule has 0 bridgehead atoms. The Morgan fingerprint density at radius 1 is 0.917 bits per heavy atom. The molecule has 1 N–H and O–H groups in total. The lowest BCUT2D eigenvalue weighted by Gasteiger charge is -2.38. The Hall–Kier alpha value is -2.16. The number of aliphatic hydroxyl groups is 1. The predicted molar refractivity (Wildman–Crippen MR) is 102 cm³/mol. The highest BCUT2D eigenvalue weighted by molar-refractivity contribution is 5.36. The van der Waals surface area contributed by atoms with Crippen LogP contribution in [0, 0.1) is 5.92 Å². The molecule has 0 saturated carbocycles. The molecule has 0 heterocycles. The maximum atomic E-state index is 11.7. The minimum absolute atomic E-state index is 0.00204. The Morgan fingerprint density at radius 2 is 1.33 bits per heavy atom. The summed E-state index contributed by atoms with van der Waals surface area (Å²) in [4.78, 5) is 2.24. The molecule has 0 aliphatic heterocycles. The molecular weight excluding hydrogens is 294 g/mol. The molecule has 0 spiro atoms. The summed E-state index contributed by atoms with van der Waals surface area (Å²) < 4.78 is 0. The number of benzene rings is 2. The summed E-state index contributed by atoms with van der Waals surface area (Å²) in [5.74, 6) is 0.00204. The van der Waals surface area contributed by atoms with Crippen molar-refractivity contribution in [3.8, 4) is 0 Å². The van der Waals surface area contributed by atoms with Crippen molar-refractivity contribution in [1.82, 2.24) is 4.90 Å². The second-order valence-electron chi connectivity index (χ2n) is 6.20. The van der Waals surface area contributed by atoms with Gasteiger partial charge in [-0.1, -0.05) is 79.7 Å². The van der Waals surface area contributed by atoms with Crippen molar-refractivity contribution in [1.29, 1.82) is 0 Å². The molecule has 0 saturated heterocycles. The third-order valence-corrected chi connectivity index (χ3v) is 4.45. The highest BCUT2D eigenvalue weighted by Crippen LogP contribution is 2.37. The third kappa shape index (κ3) is 4.02. The average molecular weight is 321 g/mol. The molecule has 0 fully saturated rings. The summed E-state index contributed by atoms with van der Waals surface area (Å²) in [6, 6.07) is 19.8. The van der Waals surface area contributed by atoms with Crippen molar-refractivity contribution in [2.45, 2.75) is 12.5 Å². The minimum atomic E-state index is -1.04. The van der Waals surface area contributed by atoms with Crippen LogP contribution in [0.15, 0.2) is 86.0 Å². The van der Waals surface area contributed by atoms with E-state index in [-0.39, 0.29) is 5.92 Å². The molecule has 2 rings (SSSR count). The van der Waals surface area contributed by atoms with Gasteiger partial charge in [-0.3, -0.25) is 4.90 Å². The van der Waals surface area contributed by atoms with Crippen LogP contribution in [0.2, 0.25) is 0 Å². The third-order valence-electron chi connectivity index (χ3n) is 4.45. The lowest BCUT2D eigenvalue weighted by Crippen LogP contribution is -2.42. The van der Waals surface area contributed by atoms with Crippen LogP contribution in [0.4, 0.5) is 0 Å². The fourth-order valence-corrected chi connectivity index (χ4v) is 3.23. The van der Waals surface area contributed by atoms with E-state index >= 15 is 0 Å². The Kier molecular flexibility index (Phi) is 6.53. The van der Waals surface area contributed by atoms with Gasteiger partial charge in [-0.05, 0) is 11.1 Å². The zero-order chi connectivity index (χ0) is 17.4. The summed E-state index contributed by atoms with van der Waals surface area (Å²) in [7, 11) is 0. The zero-order valence-electron chi connectivity index (χ0n) is 14.4. The van der Waals surface area contributed by atoms with Crippen LogP contribution < -0.4 is 0 Å². The predicted octanol–water partition coefficient (Wildman–Crippen LogP) is 4.23. The van der Waals surface area contributed by atoms with Crippen molar-refractivity contribution >= 4 is 0 Å². The monoisotopic (exact) mass is 321 g/mol. The number of nitrogens with zero attached hydrogens (tertiary/aromatic N) is 1. The quantitative estimate of drug-likeness (QED) is 0.699. The van der Waals surface area contributed by atoms with E-state index in [2.05, 4.69) is 25.0 Å². The van der Waals surface area contributed by atoms with Crippen LogP contribution in [0.1, 0.15) is 18.1 Å². The highest BCUT2D eigenvalue weighted by atomic mass is 16.3. The summed E-state index contributed by atoms with van der Waals surface area (Å²) in [6.45, 7) is 12.1. The van der Waals surface area contributed by atoms with Gasteiger partial charge in [0, 0.05) is 25.6 Å². The van der Waals surface area contributed by atoms with Crippen molar-refractivity contribution < 1.29 is 5.11 Å². The second-order valence-corrected chi connectivity index (χ2v) is 6.20. The molecule has 0 aliphatic rings. The smallest absolute Gasteiger partial charge is 0.118 e. The topological polar surface area (TPSA) is 23.5 Å². The van der Waals surface area contributed by atoms with Crippen molar-refractivity contribution in [3.05, 3.63) is 97.1 Å².